The van der Waals surface area contributed by atoms with Crippen LogP contribution in [0.1, 0.15) is 10.6 Å². The molecule has 0 fully saturated rings. The number of carbonyl (C=O) groups is 2. The van der Waals surface area contributed by atoms with Crippen LogP contribution in [0.3, 0.4) is 0 Å². The first-order valence-corrected chi connectivity index (χ1v) is 9.86. The summed E-state index contributed by atoms with van der Waals surface area (Å²) in [4.78, 5) is 39.0. The van der Waals surface area contributed by atoms with Crippen molar-refractivity contribution in [3.8, 4) is 34.3 Å². The fourth-order valence-electron chi connectivity index (χ4n) is 2.75. The number of ether oxygens (including phenoxy) is 2. The zero-order valence-corrected chi connectivity index (χ0v) is 16.7. The van der Waals surface area contributed by atoms with Crippen molar-refractivity contribution in [1.82, 2.24) is 19.9 Å². The molecule has 0 amide bonds. The first kappa shape index (κ1) is 20.0. The average molecular weight is 430 g/mol. The molecular formula is C22H14N4O4S. The van der Waals surface area contributed by atoms with E-state index < -0.39 is 0 Å². The van der Waals surface area contributed by atoms with Crippen molar-refractivity contribution in [1.29, 1.82) is 0 Å². The van der Waals surface area contributed by atoms with Crippen molar-refractivity contribution in [2.75, 3.05) is 0 Å². The van der Waals surface area contributed by atoms with Crippen LogP contribution in [0.2, 0.25) is 0 Å². The third-order valence-corrected chi connectivity index (χ3v) is 4.82. The van der Waals surface area contributed by atoms with Crippen molar-refractivity contribution in [2.45, 2.75) is 0 Å². The molecule has 0 atom stereocenters. The smallest absolute Gasteiger partial charge is 0.298 e. The number of pyridine rings is 3. The normalized spacial score (nSPS) is 10.7. The maximum Gasteiger partial charge on any atom is 0.298 e. The molecule has 31 heavy (non-hydrogen) atoms. The van der Waals surface area contributed by atoms with Crippen LogP contribution in [0, 0.1) is 0 Å². The van der Waals surface area contributed by atoms with Crippen LogP contribution < -0.4 is 9.47 Å². The summed E-state index contributed by atoms with van der Waals surface area (Å²) >= 11 is 1.54. The Kier molecular flexibility index (Phi) is 6.15. The molecule has 9 heteroatoms. The van der Waals surface area contributed by atoms with Gasteiger partial charge in [0.1, 0.15) is 16.5 Å². The van der Waals surface area contributed by atoms with Crippen LogP contribution in [0.25, 0.3) is 34.9 Å². The second kappa shape index (κ2) is 9.51. The van der Waals surface area contributed by atoms with E-state index in [0.717, 1.165) is 10.6 Å². The highest BCUT2D eigenvalue weighted by Crippen LogP contribution is 2.28. The van der Waals surface area contributed by atoms with Gasteiger partial charge in [-0.05, 0) is 29.8 Å². The molecule has 8 nitrogen and oxygen atoms in total. The Balaban J connectivity index is 1.73. The van der Waals surface area contributed by atoms with E-state index >= 15 is 0 Å². The molecule has 0 radical (unpaired) electrons. The van der Waals surface area contributed by atoms with Gasteiger partial charge in [-0.3, -0.25) is 19.6 Å². The van der Waals surface area contributed by atoms with Crippen LogP contribution in [0.5, 0.6) is 11.5 Å². The van der Waals surface area contributed by atoms with Gasteiger partial charge in [0.25, 0.3) is 12.9 Å². The number of rotatable bonds is 8. The fourth-order valence-corrected chi connectivity index (χ4v) is 3.28. The van der Waals surface area contributed by atoms with Crippen LogP contribution in [-0.4, -0.2) is 32.9 Å². The van der Waals surface area contributed by atoms with Gasteiger partial charge >= 0.3 is 0 Å². The first-order chi connectivity index (χ1) is 15.2. The lowest BCUT2D eigenvalue weighted by molar-refractivity contribution is -0.121. The molecule has 0 aliphatic carbocycles. The maximum atomic E-state index is 10.9. The molecule has 0 N–H and O–H groups in total. The quantitative estimate of drug-likeness (QED) is 0.388. The monoisotopic (exact) mass is 430 g/mol. The van der Waals surface area contributed by atoms with E-state index in [-0.39, 0.29) is 5.75 Å². The summed E-state index contributed by atoms with van der Waals surface area (Å²) in [7, 11) is 0. The Hall–Kier alpha value is -4.24. The summed E-state index contributed by atoms with van der Waals surface area (Å²) in [5, 5.41) is 2.80. The van der Waals surface area contributed by atoms with E-state index in [4.69, 9.17) is 9.47 Å². The Morgan fingerprint density at radius 3 is 2.10 bits per heavy atom. The van der Waals surface area contributed by atoms with Gasteiger partial charge in [0.15, 0.2) is 0 Å². The van der Waals surface area contributed by atoms with Gasteiger partial charge in [-0.25, -0.2) is 9.97 Å². The van der Waals surface area contributed by atoms with Gasteiger partial charge in [-0.15, -0.1) is 11.3 Å². The second-order valence-corrected chi connectivity index (χ2v) is 6.98. The van der Waals surface area contributed by atoms with Crippen LogP contribution in [0.15, 0.2) is 60.4 Å². The maximum absolute atomic E-state index is 10.9. The van der Waals surface area contributed by atoms with Gasteiger partial charge in [-0.2, -0.15) is 0 Å². The fraction of sp³-hybridized carbons (Fsp3) is 0. The van der Waals surface area contributed by atoms with Crippen molar-refractivity contribution in [3.63, 3.8) is 0 Å². The molecule has 152 valence electrons. The lowest BCUT2D eigenvalue weighted by Gasteiger charge is -2.08. The zero-order valence-electron chi connectivity index (χ0n) is 15.9. The van der Waals surface area contributed by atoms with Crippen LogP contribution >= 0.6 is 11.3 Å². The molecule has 0 aliphatic heterocycles. The molecule has 0 aliphatic rings. The summed E-state index contributed by atoms with van der Waals surface area (Å²) in [6, 6.07) is 10.0. The average Bonchev–Trinajstić information content (AvgIpc) is 3.32. The largest absolute Gasteiger partial charge is 0.429 e. The Bertz CT molecular complexity index is 1240. The Labute approximate surface area is 180 Å². The summed E-state index contributed by atoms with van der Waals surface area (Å²) in [5.74, 6) is 0.599. The van der Waals surface area contributed by atoms with Crippen LogP contribution in [0.4, 0.5) is 0 Å². The summed E-state index contributed by atoms with van der Waals surface area (Å²) in [6.45, 7) is 0.668. The van der Waals surface area contributed by atoms with E-state index in [9.17, 15) is 9.59 Å². The Morgan fingerprint density at radius 2 is 1.39 bits per heavy atom. The van der Waals surface area contributed by atoms with Gasteiger partial charge in [0.2, 0.25) is 0 Å². The van der Waals surface area contributed by atoms with Crippen molar-refractivity contribution in [3.05, 3.63) is 70.9 Å². The van der Waals surface area contributed by atoms with E-state index in [0.29, 0.717) is 41.5 Å². The molecule has 4 aromatic heterocycles. The van der Waals surface area contributed by atoms with E-state index in [2.05, 4.69) is 19.9 Å². The lowest BCUT2D eigenvalue weighted by atomic mass is 10.1. The standard InChI is InChI=1S/C22H14N4O4S/c27-13-29-16-4-6-24-19(10-16)21-12-17(30-14-28)11-20(26-21)18-9-15(3-5-23-18)1-2-22-25-7-8-31-22/h1-14H/b2-1+. The topological polar surface area (TPSA) is 104 Å². The lowest BCUT2D eigenvalue weighted by Crippen LogP contribution is -1.97. The number of carbonyl (C=O) groups excluding carboxylic acids is 2. The molecule has 0 spiro atoms. The molecule has 0 unspecified atom stereocenters. The highest BCUT2D eigenvalue weighted by molar-refractivity contribution is 7.10. The number of hydrogen-bond acceptors (Lipinski definition) is 9. The van der Waals surface area contributed by atoms with E-state index in [1.54, 1.807) is 36.7 Å². The minimum atomic E-state index is 0.282. The highest BCUT2D eigenvalue weighted by atomic mass is 32.1. The minimum absolute atomic E-state index is 0.282. The SMILES string of the molecule is O=COc1ccnc(-c2cc(OC=O)cc(-c3cc(/C=C/c4nccs4)ccn3)n2)c1. The molecule has 4 aromatic rings. The van der Waals surface area contributed by atoms with Gasteiger partial charge in [0, 0.05) is 42.2 Å². The molecule has 4 heterocycles. The van der Waals surface area contributed by atoms with Crippen molar-refractivity contribution in [2.24, 2.45) is 0 Å². The minimum Gasteiger partial charge on any atom is -0.429 e. The number of aromatic nitrogens is 4. The molecule has 0 aromatic carbocycles. The van der Waals surface area contributed by atoms with Gasteiger partial charge in [0.05, 0.1) is 22.8 Å². The first-order valence-electron chi connectivity index (χ1n) is 8.98. The summed E-state index contributed by atoms with van der Waals surface area (Å²) < 4.78 is 9.92. The zero-order chi connectivity index (χ0) is 21.5. The third kappa shape index (κ3) is 5.03. The molecule has 0 saturated heterocycles. The van der Waals surface area contributed by atoms with E-state index in [1.807, 2.05) is 29.7 Å². The van der Waals surface area contributed by atoms with E-state index in [1.165, 1.54) is 17.5 Å². The number of hydrogen-bond donors (Lipinski definition) is 0. The third-order valence-electron chi connectivity index (χ3n) is 4.08. The second-order valence-electron chi connectivity index (χ2n) is 6.06. The van der Waals surface area contributed by atoms with Crippen LogP contribution in [-0.2, 0) is 9.59 Å². The van der Waals surface area contributed by atoms with Crippen molar-refractivity contribution < 1.29 is 19.1 Å². The summed E-state index contributed by atoms with van der Waals surface area (Å²) in [5.41, 5.74) is 2.85. The summed E-state index contributed by atoms with van der Waals surface area (Å²) in [6.07, 6.45) is 8.75. The molecular weight excluding hydrogens is 416 g/mol. The highest BCUT2D eigenvalue weighted by Gasteiger charge is 2.11. The Morgan fingerprint density at radius 1 is 0.710 bits per heavy atom. The molecule has 0 bridgehead atoms. The number of nitrogens with zero attached hydrogens (tertiary/aromatic N) is 4. The van der Waals surface area contributed by atoms with Gasteiger partial charge < -0.3 is 9.47 Å². The predicted molar refractivity (Wildman–Crippen MR) is 115 cm³/mol. The molecule has 0 saturated carbocycles. The number of thiazole rings is 1. The van der Waals surface area contributed by atoms with Crippen molar-refractivity contribution >= 4 is 36.4 Å². The van der Waals surface area contributed by atoms with Gasteiger partial charge in [-0.1, -0.05) is 6.08 Å². The predicted octanol–water partition coefficient (Wildman–Crippen LogP) is 3.90. The molecule has 4 rings (SSSR count).